The van der Waals surface area contributed by atoms with Crippen LogP contribution in [0.2, 0.25) is 0 Å². The van der Waals surface area contributed by atoms with E-state index in [9.17, 15) is 26.3 Å². The van der Waals surface area contributed by atoms with Crippen molar-refractivity contribution in [3.63, 3.8) is 0 Å². The minimum atomic E-state index is -5.84. The van der Waals surface area contributed by atoms with Crippen molar-refractivity contribution < 1.29 is 56.7 Å². The second-order valence-corrected chi connectivity index (χ2v) is 5.54. The summed E-state index contributed by atoms with van der Waals surface area (Å²) in [5.41, 5.74) is -6.07. The van der Waals surface area contributed by atoms with E-state index in [0.29, 0.717) is 0 Å². The van der Waals surface area contributed by atoms with Crippen LogP contribution in [0, 0.1) is 0 Å². The first-order valence-electron chi connectivity index (χ1n) is 4.12. The number of halogens is 6. The van der Waals surface area contributed by atoms with Gasteiger partial charge in [0.2, 0.25) is 0 Å². The van der Waals surface area contributed by atoms with Crippen LogP contribution in [0.4, 0.5) is 32.4 Å². The van der Waals surface area contributed by atoms with Gasteiger partial charge in [-0.1, -0.05) is 0 Å². The maximum Gasteiger partial charge on any atom is 0.522 e. The van der Waals surface area contributed by atoms with Crippen LogP contribution < -0.4 is 5.73 Å². The zero-order valence-corrected chi connectivity index (χ0v) is 11.3. The van der Waals surface area contributed by atoms with Gasteiger partial charge in [-0.15, -0.1) is 0 Å². The fourth-order valence-corrected chi connectivity index (χ4v) is 0.234. The van der Waals surface area contributed by atoms with Crippen molar-refractivity contribution in [2.45, 2.75) is 11.0 Å². The normalized spacial score (nSPS) is 12.5. The molecule has 0 bridgehead atoms. The summed E-state index contributed by atoms with van der Waals surface area (Å²) in [4.78, 5) is 3.53. The molecule has 0 saturated carbocycles. The predicted molar refractivity (Wildman–Crippen MR) is 56.1 cm³/mol. The van der Waals surface area contributed by atoms with Crippen LogP contribution in [-0.2, 0) is 20.2 Å². The molecule has 0 atom stereocenters. The van der Waals surface area contributed by atoms with Crippen molar-refractivity contribution in [1.29, 1.82) is 0 Å². The molecule has 0 amide bonds. The van der Waals surface area contributed by atoms with E-state index < -0.39 is 31.3 Å². The summed E-state index contributed by atoms with van der Waals surface area (Å²) in [5, 5.41) is 0. The minimum absolute atomic E-state index is 0.218. The summed E-state index contributed by atoms with van der Waals surface area (Å²) in [6.45, 7) is 0. The molecule has 1 rings (SSSR count). The third-order valence-corrected chi connectivity index (χ3v) is 2.21. The molecular weight excluding hydrogens is 378 g/mol. The number of alkyl halides is 6. The number of hydrogen-bond acceptors (Lipinski definition) is 7. The van der Waals surface area contributed by atoms with E-state index in [1.165, 1.54) is 12.5 Å². The highest BCUT2D eigenvalue weighted by atomic mass is 32.2. The van der Waals surface area contributed by atoms with Crippen molar-refractivity contribution in [3.05, 3.63) is 12.5 Å². The summed E-state index contributed by atoms with van der Waals surface area (Å²) < 4.78 is 120. The summed E-state index contributed by atoms with van der Waals surface area (Å²) in [6.07, 6.45) is 2.92. The predicted octanol–water partition coefficient (Wildman–Crippen LogP) is 1.04. The lowest BCUT2D eigenvalue weighted by Gasteiger charge is -1.97. The van der Waals surface area contributed by atoms with Gasteiger partial charge in [-0.25, -0.2) is 4.98 Å². The SMILES string of the molecule is Nc1ncco1.O=S(=O)(O)C(F)(F)F.O=S(=O)(O)C(F)(F)F. The molecule has 9 nitrogen and oxygen atoms in total. The molecule has 0 aliphatic carbocycles. The van der Waals surface area contributed by atoms with Crippen LogP contribution in [0.15, 0.2) is 16.9 Å². The van der Waals surface area contributed by atoms with E-state index in [4.69, 9.17) is 31.7 Å². The number of nitrogens with two attached hydrogens (primary N) is 1. The Morgan fingerprint density at radius 1 is 0.955 bits per heavy atom. The zero-order chi connectivity index (χ0) is 18.4. The van der Waals surface area contributed by atoms with Crippen LogP contribution in [0.25, 0.3) is 0 Å². The molecule has 132 valence electrons. The van der Waals surface area contributed by atoms with Gasteiger partial charge in [0.1, 0.15) is 6.26 Å². The van der Waals surface area contributed by atoms with Gasteiger partial charge in [0, 0.05) is 0 Å². The van der Waals surface area contributed by atoms with Gasteiger partial charge in [-0.3, -0.25) is 9.11 Å². The molecule has 0 radical (unpaired) electrons. The van der Waals surface area contributed by atoms with Crippen molar-refractivity contribution in [1.82, 2.24) is 4.98 Å². The first-order valence-corrected chi connectivity index (χ1v) is 7.00. The monoisotopic (exact) mass is 384 g/mol. The number of nitrogens with zero attached hydrogens (tertiary/aromatic N) is 1. The number of rotatable bonds is 0. The average Bonchev–Trinajstić information content (AvgIpc) is 2.64. The van der Waals surface area contributed by atoms with E-state index in [1.54, 1.807) is 0 Å². The largest absolute Gasteiger partial charge is 0.522 e. The van der Waals surface area contributed by atoms with Crippen molar-refractivity contribution >= 4 is 26.3 Å². The first-order chi connectivity index (χ1) is 9.39. The van der Waals surface area contributed by atoms with Gasteiger partial charge >= 0.3 is 31.3 Å². The van der Waals surface area contributed by atoms with E-state index in [1.807, 2.05) is 0 Å². The lowest BCUT2D eigenvalue weighted by atomic mass is 11.0. The average molecular weight is 384 g/mol. The number of oxazole rings is 1. The fourth-order valence-electron chi connectivity index (χ4n) is 0.234. The van der Waals surface area contributed by atoms with Crippen LogP contribution in [0.1, 0.15) is 0 Å². The lowest BCUT2D eigenvalue weighted by Crippen LogP contribution is -2.21. The third kappa shape index (κ3) is 10.2. The third-order valence-electron chi connectivity index (χ3n) is 1.04. The maximum atomic E-state index is 10.7. The van der Waals surface area contributed by atoms with E-state index in [2.05, 4.69) is 9.40 Å². The Morgan fingerprint density at radius 2 is 1.23 bits per heavy atom. The van der Waals surface area contributed by atoms with Crippen molar-refractivity contribution in [3.8, 4) is 0 Å². The molecular formula is C5H6F6N2O7S2. The Morgan fingerprint density at radius 3 is 1.27 bits per heavy atom. The molecule has 0 unspecified atom stereocenters. The molecule has 0 fully saturated rings. The molecule has 17 heteroatoms. The molecule has 0 aliphatic heterocycles. The van der Waals surface area contributed by atoms with Gasteiger partial charge in [0.15, 0.2) is 0 Å². The molecule has 0 spiro atoms. The highest BCUT2D eigenvalue weighted by Gasteiger charge is 2.45. The quantitative estimate of drug-likeness (QED) is 0.337. The van der Waals surface area contributed by atoms with Crippen LogP contribution >= 0.6 is 0 Å². The lowest BCUT2D eigenvalue weighted by molar-refractivity contribution is -0.0514. The van der Waals surface area contributed by atoms with E-state index >= 15 is 0 Å². The summed E-state index contributed by atoms with van der Waals surface area (Å²) in [7, 11) is -11.7. The number of anilines is 1. The van der Waals surface area contributed by atoms with Gasteiger partial charge in [0.05, 0.1) is 6.20 Å². The minimum Gasteiger partial charge on any atom is -0.432 e. The first kappa shape index (κ1) is 22.7. The summed E-state index contributed by atoms with van der Waals surface area (Å²) in [5.74, 6) is 0. The molecule has 0 aliphatic rings. The van der Waals surface area contributed by atoms with Gasteiger partial charge in [-0.05, 0) is 0 Å². The number of hydrogen-bond donors (Lipinski definition) is 3. The Balaban J connectivity index is 0. The van der Waals surface area contributed by atoms with E-state index in [0.717, 1.165) is 0 Å². The maximum absolute atomic E-state index is 10.7. The standard InChI is InChI=1S/C3H4N2O.2CHF3O3S/c4-3-5-1-2-6-3;2*2-1(3,4)8(5,6)7/h1-2H,(H2,4,5);2*(H,5,6,7). The van der Waals surface area contributed by atoms with E-state index in [-0.39, 0.29) is 6.01 Å². The Kier molecular flexibility index (Phi) is 7.84. The molecule has 0 aromatic carbocycles. The Bertz CT molecular complexity index is 590. The second kappa shape index (κ2) is 7.61. The highest BCUT2D eigenvalue weighted by molar-refractivity contribution is 7.86. The molecule has 0 saturated heterocycles. The van der Waals surface area contributed by atoms with Crippen LogP contribution in [0.3, 0.4) is 0 Å². The summed E-state index contributed by atoms with van der Waals surface area (Å²) in [6, 6.07) is 0.218. The zero-order valence-electron chi connectivity index (χ0n) is 9.70. The van der Waals surface area contributed by atoms with Crippen molar-refractivity contribution in [2.75, 3.05) is 5.73 Å². The Hall–Kier alpha value is -1.59. The number of aromatic nitrogens is 1. The number of nitrogen functional groups attached to an aromatic ring is 1. The topological polar surface area (TPSA) is 161 Å². The van der Waals surface area contributed by atoms with Gasteiger partial charge in [0.25, 0.3) is 6.01 Å². The van der Waals surface area contributed by atoms with Crippen molar-refractivity contribution in [2.24, 2.45) is 0 Å². The van der Waals surface area contributed by atoms with Gasteiger partial charge < -0.3 is 10.2 Å². The molecule has 4 N–H and O–H groups in total. The molecule has 22 heavy (non-hydrogen) atoms. The Labute approximate surface area is 118 Å². The smallest absolute Gasteiger partial charge is 0.432 e. The second-order valence-electron chi connectivity index (χ2n) is 2.71. The molecule has 1 aromatic heterocycles. The highest BCUT2D eigenvalue weighted by Crippen LogP contribution is 2.21. The van der Waals surface area contributed by atoms with Crippen LogP contribution in [0.5, 0.6) is 0 Å². The summed E-state index contributed by atoms with van der Waals surface area (Å²) >= 11 is 0. The van der Waals surface area contributed by atoms with Gasteiger partial charge in [-0.2, -0.15) is 43.2 Å². The molecule has 1 aromatic rings. The molecule has 1 heterocycles. The fraction of sp³-hybridized carbons (Fsp3) is 0.400. The van der Waals surface area contributed by atoms with Crippen LogP contribution in [-0.4, -0.2) is 41.9 Å².